The summed E-state index contributed by atoms with van der Waals surface area (Å²) < 4.78 is 5.10. The van der Waals surface area contributed by atoms with Crippen molar-refractivity contribution in [2.24, 2.45) is 0 Å². The van der Waals surface area contributed by atoms with Gasteiger partial charge in [-0.25, -0.2) is 0 Å². The number of methoxy groups -OCH3 is 1. The second-order valence-corrected chi connectivity index (χ2v) is 5.18. The van der Waals surface area contributed by atoms with Crippen molar-refractivity contribution in [3.05, 3.63) is 35.9 Å². The summed E-state index contributed by atoms with van der Waals surface area (Å²) in [7, 11) is 1.63. The molecule has 1 amide bonds. The molecule has 1 aromatic rings. The fourth-order valence-corrected chi connectivity index (χ4v) is 2.39. The van der Waals surface area contributed by atoms with Crippen LogP contribution in [0.4, 0.5) is 0 Å². The average Bonchev–Trinajstić information content (AvgIpc) is 2.58. The number of carbonyl (C=O) groups is 1. The predicted molar refractivity (Wildman–Crippen MR) is 85.3 cm³/mol. The Hall–Kier alpha value is -2.32. The number of benzene rings is 1. The van der Waals surface area contributed by atoms with E-state index in [0.29, 0.717) is 6.42 Å². The summed E-state index contributed by atoms with van der Waals surface area (Å²) in [6.45, 7) is 3.90. The van der Waals surface area contributed by atoms with Crippen LogP contribution in [0.1, 0.15) is 12.0 Å². The summed E-state index contributed by atoms with van der Waals surface area (Å²) in [6.07, 6.45) is 3.99. The first-order valence-electron chi connectivity index (χ1n) is 7.43. The van der Waals surface area contributed by atoms with Crippen molar-refractivity contribution in [3.63, 3.8) is 0 Å². The molecule has 5 heteroatoms. The molecule has 2 rings (SSSR count). The number of hydrogen-bond donors (Lipinski definition) is 0. The Balaban J connectivity index is 1.82. The van der Waals surface area contributed by atoms with Gasteiger partial charge >= 0.3 is 0 Å². The zero-order valence-electron chi connectivity index (χ0n) is 12.9. The highest BCUT2D eigenvalue weighted by Gasteiger charge is 2.18. The van der Waals surface area contributed by atoms with Crippen molar-refractivity contribution in [2.75, 3.05) is 39.8 Å². The largest absolute Gasteiger partial charge is 0.497 e. The van der Waals surface area contributed by atoms with Gasteiger partial charge in [-0.1, -0.05) is 12.1 Å². The van der Waals surface area contributed by atoms with Crippen molar-refractivity contribution < 1.29 is 9.53 Å². The van der Waals surface area contributed by atoms with Gasteiger partial charge in [-0.15, -0.1) is 0 Å². The molecule has 0 aliphatic carbocycles. The lowest BCUT2D eigenvalue weighted by Crippen LogP contribution is -2.48. The van der Waals surface area contributed by atoms with Crippen LogP contribution in [0.15, 0.2) is 30.3 Å². The van der Waals surface area contributed by atoms with E-state index in [4.69, 9.17) is 10.00 Å². The molecule has 0 unspecified atom stereocenters. The highest BCUT2D eigenvalue weighted by atomic mass is 16.5. The molecule has 0 aromatic heterocycles. The number of carbonyl (C=O) groups excluding carboxylic acids is 1. The van der Waals surface area contributed by atoms with Gasteiger partial charge in [-0.05, 0) is 23.8 Å². The minimum absolute atomic E-state index is 0.0377. The number of ether oxygens (including phenoxy) is 1. The lowest BCUT2D eigenvalue weighted by Gasteiger charge is -2.33. The summed E-state index contributed by atoms with van der Waals surface area (Å²) >= 11 is 0. The third kappa shape index (κ3) is 4.61. The number of hydrogen-bond acceptors (Lipinski definition) is 4. The molecule has 1 aliphatic rings. The Kier molecular flexibility index (Phi) is 5.99. The molecule has 1 aromatic carbocycles. The van der Waals surface area contributed by atoms with E-state index >= 15 is 0 Å². The van der Waals surface area contributed by atoms with E-state index in [-0.39, 0.29) is 5.91 Å². The minimum atomic E-state index is 0.0377. The molecule has 0 N–H and O–H groups in total. The van der Waals surface area contributed by atoms with Gasteiger partial charge in [0.25, 0.3) is 0 Å². The van der Waals surface area contributed by atoms with E-state index in [0.717, 1.165) is 44.0 Å². The molecule has 22 heavy (non-hydrogen) atoms. The summed E-state index contributed by atoms with van der Waals surface area (Å²) in [4.78, 5) is 16.2. The van der Waals surface area contributed by atoms with Gasteiger partial charge in [0.1, 0.15) is 5.75 Å². The Morgan fingerprint density at radius 1 is 1.27 bits per heavy atom. The van der Waals surface area contributed by atoms with Crippen LogP contribution in [0.2, 0.25) is 0 Å². The topological polar surface area (TPSA) is 56.6 Å². The number of amides is 1. The first-order chi connectivity index (χ1) is 10.7. The molecule has 0 saturated carbocycles. The third-order valence-electron chi connectivity index (χ3n) is 3.76. The zero-order chi connectivity index (χ0) is 15.8. The van der Waals surface area contributed by atoms with Crippen LogP contribution >= 0.6 is 0 Å². The second kappa shape index (κ2) is 8.20. The lowest BCUT2D eigenvalue weighted by atomic mass is 10.2. The van der Waals surface area contributed by atoms with Crippen LogP contribution in [0, 0.1) is 11.3 Å². The Morgan fingerprint density at radius 3 is 2.55 bits per heavy atom. The maximum atomic E-state index is 12.2. The van der Waals surface area contributed by atoms with E-state index in [1.807, 2.05) is 35.2 Å². The van der Waals surface area contributed by atoms with Gasteiger partial charge in [0.05, 0.1) is 13.2 Å². The molecule has 1 aliphatic heterocycles. The van der Waals surface area contributed by atoms with Crippen molar-refractivity contribution >= 4 is 12.0 Å². The molecule has 116 valence electrons. The van der Waals surface area contributed by atoms with Gasteiger partial charge in [-0.2, -0.15) is 5.26 Å². The molecule has 1 fully saturated rings. The van der Waals surface area contributed by atoms with Crippen molar-refractivity contribution in [1.82, 2.24) is 9.80 Å². The molecule has 0 spiro atoms. The summed E-state index contributed by atoms with van der Waals surface area (Å²) in [5.41, 5.74) is 0.974. The number of nitriles is 1. The fraction of sp³-hybridized carbons (Fsp3) is 0.412. The molecular weight excluding hydrogens is 278 g/mol. The smallest absolute Gasteiger partial charge is 0.246 e. The van der Waals surface area contributed by atoms with Crippen molar-refractivity contribution in [2.45, 2.75) is 6.42 Å². The minimum Gasteiger partial charge on any atom is -0.497 e. The van der Waals surface area contributed by atoms with Crippen LogP contribution in [-0.4, -0.2) is 55.5 Å². The monoisotopic (exact) mass is 299 g/mol. The maximum Gasteiger partial charge on any atom is 0.246 e. The molecule has 1 saturated heterocycles. The first-order valence-corrected chi connectivity index (χ1v) is 7.43. The van der Waals surface area contributed by atoms with Gasteiger partial charge < -0.3 is 9.64 Å². The molecule has 5 nitrogen and oxygen atoms in total. The number of piperazine rings is 1. The molecular formula is C17H21N3O2. The summed E-state index contributed by atoms with van der Waals surface area (Å²) in [5.74, 6) is 0.840. The van der Waals surface area contributed by atoms with E-state index in [1.54, 1.807) is 13.2 Å². The third-order valence-corrected chi connectivity index (χ3v) is 3.76. The number of rotatable bonds is 5. The van der Waals surface area contributed by atoms with Crippen molar-refractivity contribution in [1.29, 1.82) is 5.26 Å². The highest BCUT2D eigenvalue weighted by Crippen LogP contribution is 2.12. The maximum absolute atomic E-state index is 12.2. The molecule has 0 radical (unpaired) electrons. The van der Waals surface area contributed by atoms with Crippen LogP contribution in [0.5, 0.6) is 5.75 Å². The van der Waals surface area contributed by atoms with Crippen LogP contribution in [0.3, 0.4) is 0 Å². The lowest BCUT2D eigenvalue weighted by molar-refractivity contribution is -0.127. The van der Waals surface area contributed by atoms with Crippen LogP contribution in [-0.2, 0) is 4.79 Å². The van der Waals surface area contributed by atoms with Crippen LogP contribution < -0.4 is 4.74 Å². The average molecular weight is 299 g/mol. The Labute approximate surface area is 131 Å². The second-order valence-electron chi connectivity index (χ2n) is 5.18. The zero-order valence-corrected chi connectivity index (χ0v) is 12.9. The highest BCUT2D eigenvalue weighted by molar-refractivity contribution is 5.91. The van der Waals surface area contributed by atoms with E-state index in [9.17, 15) is 4.79 Å². The molecule has 0 atom stereocenters. The van der Waals surface area contributed by atoms with E-state index in [2.05, 4.69) is 11.0 Å². The number of nitrogens with zero attached hydrogens (tertiary/aromatic N) is 3. The Bertz CT molecular complexity index is 552. The predicted octanol–water partition coefficient (Wildman–Crippen LogP) is 1.77. The van der Waals surface area contributed by atoms with Gasteiger partial charge in [0.2, 0.25) is 5.91 Å². The molecule has 1 heterocycles. The summed E-state index contributed by atoms with van der Waals surface area (Å²) in [5, 5.41) is 8.59. The van der Waals surface area contributed by atoms with Gasteiger partial charge in [-0.3, -0.25) is 9.69 Å². The standard InChI is InChI=1S/C17H21N3O2/c1-22-16-6-3-15(4-7-16)5-8-17(21)20-13-11-19(12-14-20)10-2-9-18/h3-8H,2,10-14H2,1H3/b8-5+. The van der Waals surface area contributed by atoms with E-state index < -0.39 is 0 Å². The van der Waals surface area contributed by atoms with E-state index in [1.165, 1.54) is 0 Å². The quantitative estimate of drug-likeness (QED) is 0.778. The van der Waals surface area contributed by atoms with Crippen LogP contribution in [0.25, 0.3) is 6.08 Å². The van der Waals surface area contributed by atoms with Crippen molar-refractivity contribution in [3.8, 4) is 11.8 Å². The van der Waals surface area contributed by atoms with Gasteiger partial charge in [0.15, 0.2) is 0 Å². The normalized spacial score (nSPS) is 15.7. The molecule has 0 bridgehead atoms. The SMILES string of the molecule is COc1ccc(/C=C/C(=O)N2CCN(CCC#N)CC2)cc1. The van der Waals surface area contributed by atoms with Gasteiger partial charge in [0, 0.05) is 45.2 Å². The fourth-order valence-electron chi connectivity index (χ4n) is 2.39. The Morgan fingerprint density at radius 2 is 1.95 bits per heavy atom. The summed E-state index contributed by atoms with van der Waals surface area (Å²) in [6, 6.07) is 9.74. The first kappa shape index (κ1) is 16.1.